The summed E-state index contributed by atoms with van der Waals surface area (Å²) < 4.78 is 0. The lowest BCUT2D eigenvalue weighted by Gasteiger charge is -2.20. The summed E-state index contributed by atoms with van der Waals surface area (Å²) in [7, 11) is 5.44. The molecule has 1 aromatic carbocycles. The summed E-state index contributed by atoms with van der Waals surface area (Å²) in [5.41, 5.74) is 3.30. The topological polar surface area (TPSA) is 122 Å². The highest BCUT2D eigenvalue weighted by atomic mass is 16.3. The van der Waals surface area contributed by atoms with Gasteiger partial charge in [0, 0.05) is 51.3 Å². The highest BCUT2D eigenvalue weighted by Gasteiger charge is 2.17. The van der Waals surface area contributed by atoms with Crippen LogP contribution in [0.4, 0.5) is 22.9 Å². The maximum atomic E-state index is 12.9. The second kappa shape index (κ2) is 9.77. The molecule has 0 unspecified atom stereocenters. The first kappa shape index (κ1) is 21.8. The van der Waals surface area contributed by atoms with Crippen molar-refractivity contribution in [3.8, 4) is 11.1 Å². The summed E-state index contributed by atoms with van der Waals surface area (Å²) in [6, 6.07) is 11.0. The van der Waals surface area contributed by atoms with Crippen molar-refractivity contribution in [3.05, 3.63) is 64.7 Å². The minimum atomic E-state index is -0.360. The Hall–Kier alpha value is -3.85. The number of rotatable bonds is 8. The number of hydrogen-bond acceptors (Lipinski definition) is 7. The number of anilines is 4. The Labute approximate surface area is 180 Å². The van der Waals surface area contributed by atoms with Crippen LogP contribution in [-0.4, -0.2) is 55.3 Å². The van der Waals surface area contributed by atoms with E-state index in [9.17, 15) is 9.59 Å². The van der Waals surface area contributed by atoms with Crippen LogP contribution in [0.3, 0.4) is 0 Å². The van der Waals surface area contributed by atoms with Gasteiger partial charge in [-0.1, -0.05) is 18.2 Å². The summed E-state index contributed by atoms with van der Waals surface area (Å²) in [5, 5.41) is 18.0. The lowest BCUT2D eigenvalue weighted by molar-refractivity contribution is 0.0945. The second-order valence-electron chi connectivity index (χ2n) is 6.99. The number of carbonyl (C=O) groups is 1. The van der Waals surface area contributed by atoms with Crippen LogP contribution in [0, 0.1) is 0 Å². The summed E-state index contributed by atoms with van der Waals surface area (Å²) in [4.78, 5) is 34.1. The quantitative estimate of drug-likeness (QED) is 0.376. The molecule has 1 amide bonds. The third-order valence-corrected chi connectivity index (χ3v) is 4.69. The average Bonchev–Trinajstić information content (AvgIpc) is 2.78. The minimum absolute atomic E-state index is 0.139. The number of H-pyrrole nitrogens is 1. The predicted octanol–water partition coefficient (Wildman–Crippen LogP) is 2.01. The molecule has 31 heavy (non-hydrogen) atoms. The fraction of sp³-hybridized carbons (Fsp3) is 0.227. The van der Waals surface area contributed by atoms with Crippen LogP contribution in [-0.2, 0) is 0 Å². The third kappa shape index (κ3) is 4.84. The monoisotopic (exact) mass is 422 g/mol. The van der Waals surface area contributed by atoms with Gasteiger partial charge < -0.3 is 30.9 Å². The zero-order chi connectivity index (χ0) is 22.4. The summed E-state index contributed by atoms with van der Waals surface area (Å²) in [6.45, 7) is -0.0204. The van der Waals surface area contributed by atoms with Gasteiger partial charge in [-0.05, 0) is 18.2 Å². The summed E-state index contributed by atoms with van der Waals surface area (Å²) >= 11 is 0. The normalized spacial score (nSPS) is 10.5. The fourth-order valence-electron chi connectivity index (χ4n) is 3.20. The molecular formula is C22H26N6O3. The maximum Gasteiger partial charge on any atom is 0.257 e. The molecule has 0 fully saturated rings. The van der Waals surface area contributed by atoms with Crippen LogP contribution in [0.1, 0.15) is 10.4 Å². The van der Waals surface area contributed by atoms with E-state index in [1.54, 1.807) is 30.3 Å². The van der Waals surface area contributed by atoms with Gasteiger partial charge in [-0.25, -0.2) is 0 Å². The number of carbonyl (C=O) groups excluding carboxylic acids is 1. The van der Waals surface area contributed by atoms with Gasteiger partial charge in [0.25, 0.3) is 11.5 Å². The van der Waals surface area contributed by atoms with Crippen molar-refractivity contribution in [2.75, 3.05) is 49.8 Å². The molecule has 2 aromatic heterocycles. The van der Waals surface area contributed by atoms with E-state index in [-0.39, 0.29) is 24.6 Å². The lowest BCUT2D eigenvalue weighted by Crippen LogP contribution is -2.27. The predicted molar refractivity (Wildman–Crippen MR) is 123 cm³/mol. The number of nitrogens with one attached hydrogen (secondary N) is 4. The van der Waals surface area contributed by atoms with E-state index >= 15 is 0 Å². The van der Waals surface area contributed by atoms with Crippen molar-refractivity contribution in [1.29, 1.82) is 0 Å². The van der Waals surface area contributed by atoms with Crippen LogP contribution in [0.25, 0.3) is 11.1 Å². The summed E-state index contributed by atoms with van der Waals surface area (Å²) in [5.74, 6) is 0.204. The molecule has 9 nitrogen and oxygen atoms in total. The largest absolute Gasteiger partial charge is 0.395 e. The smallest absolute Gasteiger partial charge is 0.257 e. The van der Waals surface area contributed by atoms with Crippen molar-refractivity contribution in [2.24, 2.45) is 0 Å². The number of para-hydroxylation sites is 1. The first-order valence-corrected chi connectivity index (χ1v) is 9.78. The van der Waals surface area contributed by atoms with Gasteiger partial charge in [0.2, 0.25) is 0 Å². The number of pyridine rings is 2. The highest BCUT2D eigenvalue weighted by molar-refractivity contribution is 6.00. The molecule has 5 N–H and O–H groups in total. The first-order valence-electron chi connectivity index (χ1n) is 9.78. The number of hydrogen-bond donors (Lipinski definition) is 5. The molecule has 3 aromatic rings. The van der Waals surface area contributed by atoms with Crippen LogP contribution < -0.4 is 26.4 Å². The van der Waals surface area contributed by atoms with Gasteiger partial charge in [0.05, 0.1) is 29.1 Å². The van der Waals surface area contributed by atoms with Crippen molar-refractivity contribution >= 4 is 28.8 Å². The van der Waals surface area contributed by atoms with Gasteiger partial charge in [0.1, 0.15) is 5.82 Å². The van der Waals surface area contributed by atoms with Crippen LogP contribution in [0.5, 0.6) is 0 Å². The van der Waals surface area contributed by atoms with E-state index in [2.05, 4.69) is 25.9 Å². The molecule has 2 heterocycles. The Morgan fingerprint density at radius 3 is 2.61 bits per heavy atom. The third-order valence-electron chi connectivity index (χ3n) is 4.69. The molecule has 0 saturated heterocycles. The van der Waals surface area contributed by atoms with E-state index < -0.39 is 0 Å². The van der Waals surface area contributed by atoms with Gasteiger partial charge in [-0.3, -0.25) is 14.6 Å². The van der Waals surface area contributed by atoms with E-state index in [4.69, 9.17) is 5.11 Å². The zero-order valence-corrected chi connectivity index (χ0v) is 17.7. The molecular weight excluding hydrogens is 396 g/mol. The minimum Gasteiger partial charge on any atom is -0.395 e. The average molecular weight is 422 g/mol. The first-order chi connectivity index (χ1) is 15.0. The molecule has 0 saturated carbocycles. The van der Waals surface area contributed by atoms with Gasteiger partial charge >= 0.3 is 0 Å². The zero-order valence-electron chi connectivity index (χ0n) is 17.7. The molecule has 3 rings (SSSR count). The standard InChI is InChI=1S/C22H26N6O3/c1-23-17-7-5-4-6-14(17)15-12-19(20(28(2)3)27-22(15)31)26-18-8-9-24-13-16(18)21(30)25-10-11-29/h4-9,12-13,23,29H,10-11H2,1-3H3,(H,24,26)(H,25,30)(H,27,31). The SMILES string of the molecule is CNc1ccccc1-c1cc(Nc2ccncc2C(=O)NCCO)c(N(C)C)[nH]c1=O. The number of benzene rings is 1. The Kier molecular flexibility index (Phi) is 6.88. The number of aliphatic hydroxyl groups excluding tert-OH is 1. The van der Waals surface area contributed by atoms with E-state index in [0.717, 1.165) is 11.3 Å². The Bertz CT molecular complexity index is 1130. The number of aromatic nitrogens is 2. The number of nitrogens with zero attached hydrogens (tertiary/aromatic N) is 2. The summed E-state index contributed by atoms with van der Waals surface area (Å²) in [6.07, 6.45) is 3.02. The number of aromatic amines is 1. The van der Waals surface area contributed by atoms with Crippen LogP contribution in [0.2, 0.25) is 0 Å². The number of aliphatic hydroxyl groups is 1. The molecule has 0 atom stereocenters. The van der Waals surface area contributed by atoms with Crippen molar-refractivity contribution in [3.63, 3.8) is 0 Å². The van der Waals surface area contributed by atoms with Crippen molar-refractivity contribution < 1.29 is 9.90 Å². The highest BCUT2D eigenvalue weighted by Crippen LogP contribution is 2.32. The Balaban J connectivity index is 2.10. The molecule has 0 aliphatic carbocycles. The van der Waals surface area contributed by atoms with Crippen molar-refractivity contribution in [2.45, 2.75) is 0 Å². The van der Waals surface area contributed by atoms with E-state index in [1.165, 1.54) is 6.20 Å². The second-order valence-corrected chi connectivity index (χ2v) is 6.99. The van der Waals surface area contributed by atoms with Gasteiger partial charge in [0.15, 0.2) is 0 Å². The molecule has 0 aliphatic rings. The van der Waals surface area contributed by atoms with Gasteiger partial charge in [-0.2, -0.15) is 0 Å². The Morgan fingerprint density at radius 2 is 1.90 bits per heavy atom. The van der Waals surface area contributed by atoms with Gasteiger partial charge in [-0.15, -0.1) is 0 Å². The maximum absolute atomic E-state index is 12.9. The fourth-order valence-corrected chi connectivity index (χ4v) is 3.20. The van der Waals surface area contributed by atoms with Crippen LogP contribution >= 0.6 is 0 Å². The molecule has 162 valence electrons. The van der Waals surface area contributed by atoms with E-state index in [1.807, 2.05) is 38.4 Å². The number of amides is 1. The molecule has 0 radical (unpaired) electrons. The van der Waals surface area contributed by atoms with Crippen molar-refractivity contribution in [1.82, 2.24) is 15.3 Å². The Morgan fingerprint density at radius 1 is 1.13 bits per heavy atom. The molecule has 9 heteroatoms. The van der Waals surface area contributed by atoms with E-state index in [0.29, 0.717) is 28.3 Å². The molecule has 0 aliphatic heterocycles. The molecule has 0 bridgehead atoms. The lowest BCUT2D eigenvalue weighted by atomic mass is 10.0. The van der Waals surface area contributed by atoms with Crippen LogP contribution in [0.15, 0.2) is 53.6 Å². The molecule has 0 spiro atoms.